The zero-order chi connectivity index (χ0) is 14.5. The van der Waals surface area contributed by atoms with E-state index in [9.17, 15) is 9.90 Å². The van der Waals surface area contributed by atoms with Crippen molar-refractivity contribution in [1.82, 2.24) is 4.90 Å². The molecule has 110 valence electrons. The highest BCUT2D eigenvalue weighted by atomic mass is 16.5. The third-order valence-electron chi connectivity index (χ3n) is 3.85. The lowest BCUT2D eigenvalue weighted by molar-refractivity contribution is -0.132. The second-order valence-electron chi connectivity index (χ2n) is 5.41. The molecule has 1 N–H and O–H groups in total. The average Bonchev–Trinajstić information content (AvgIpc) is 2.94. The number of aliphatic hydroxyl groups excluding tert-OH is 1. The van der Waals surface area contributed by atoms with Crippen LogP contribution in [0.5, 0.6) is 5.75 Å². The van der Waals surface area contributed by atoms with Crippen molar-refractivity contribution >= 4 is 5.91 Å². The molecule has 4 nitrogen and oxygen atoms in total. The van der Waals surface area contributed by atoms with Crippen LogP contribution in [-0.4, -0.2) is 35.7 Å². The van der Waals surface area contributed by atoms with E-state index in [1.807, 2.05) is 29.2 Å². The van der Waals surface area contributed by atoms with Crippen LogP contribution in [0, 0.1) is 0 Å². The Morgan fingerprint density at radius 3 is 2.75 bits per heavy atom. The molecular formula is C16H23NO3. The van der Waals surface area contributed by atoms with Gasteiger partial charge in [0.25, 0.3) is 0 Å². The van der Waals surface area contributed by atoms with Crippen LogP contribution in [0.15, 0.2) is 24.3 Å². The molecule has 0 bridgehead atoms. The number of hydrogen-bond donors (Lipinski definition) is 1. The predicted octanol–water partition coefficient (Wildman–Crippen LogP) is 2.52. The summed E-state index contributed by atoms with van der Waals surface area (Å²) in [5, 5.41) is 9.30. The van der Waals surface area contributed by atoms with Crippen molar-refractivity contribution < 1.29 is 14.6 Å². The van der Waals surface area contributed by atoms with Crippen molar-refractivity contribution in [3.8, 4) is 5.75 Å². The van der Waals surface area contributed by atoms with E-state index in [1.165, 1.54) is 0 Å². The molecule has 20 heavy (non-hydrogen) atoms. The molecule has 0 aliphatic carbocycles. The largest absolute Gasteiger partial charge is 0.497 e. The Morgan fingerprint density at radius 2 is 2.15 bits per heavy atom. The Morgan fingerprint density at radius 1 is 1.45 bits per heavy atom. The fourth-order valence-electron chi connectivity index (χ4n) is 2.71. The Balaban J connectivity index is 2.04. The maximum atomic E-state index is 12.2. The van der Waals surface area contributed by atoms with Crippen molar-refractivity contribution in [3.63, 3.8) is 0 Å². The average molecular weight is 277 g/mol. The van der Waals surface area contributed by atoms with Gasteiger partial charge in [-0.2, -0.15) is 0 Å². The normalized spacial score (nSPS) is 19.9. The van der Waals surface area contributed by atoms with Crippen LogP contribution < -0.4 is 4.74 Å². The van der Waals surface area contributed by atoms with Crippen LogP contribution in [0.4, 0.5) is 0 Å². The molecule has 0 radical (unpaired) electrons. The first-order chi connectivity index (χ1) is 9.61. The number of hydrogen-bond acceptors (Lipinski definition) is 3. The highest BCUT2D eigenvalue weighted by molar-refractivity contribution is 5.77. The molecule has 2 rings (SSSR count). The predicted molar refractivity (Wildman–Crippen MR) is 77.6 cm³/mol. The van der Waals surface area contributed by atoms with Gasteiger partial charge in [0, 0.05) is 13.0 Å². The Hall–Kier alpha value is -1.55. The van der Waals surface area contributed by atoms with Gasteiger partial charge in [0.15, 0.2) is 0 Å². The minimum absolute atomic E-state index is 0.143. The van der Waals surface area contributed by atoms with E-state index in [2.05, 4.69) is 0 Å². The first-order valence-electron chi connectivity index (χ1n) is 7.23. The topological polar surface area (TPSA) is 49.8 Å². The Kier molecular flexibility index (Phi) is 5.01. The first kappa shape index (κ1) is 14.9. The smallest absolute Gasteiger partial charge is 0.223 e. The van der Waals surface area contributed by atoms with E-state index >= 15 is 0 Å². The fourth-order valence-corrected chi connectivity index (χ4v) is 2.71. The molecule has 1 aromatic rings. The molecule has 2 atom stereocenters. The van der Waals surface area contributed by atoms with Gasteiger partial charge in [-0.05, 0) is 43.9 Å². The number of carbonyl (C=O) groups is 1. The van der Waals surface area contributed by atoms with Crippen LogP contribution in [0.1, 0.15) is 44.2 Å². The third kappa shape index (κ3) is 3.51. The van der Waals surface area contributed by atoms with Gasteiger partial charge < -0.3 is 14.7 Å². The van der Waals surface area contributed by atoms with E-state index < -0.39 is 6.10 Å². The molecule has 1 saturated heterocycles. The van der Waals surface area contributed by atoms with Crippen LogP contribution >= 0.6 is 0 Å². The summed E-state index contributed by atoms with van der Waals surface area (Å²) in [6.45, 7) is 2.54. The summed E-state index contributed by atoms with van der Waals surface area (Å²) in [4.78, 5) is 14.2. The quantitative estimate of drug-likeness (QED) is 0.899. The van der Waals surface area contributed by atoms with E-state index in [0.29, 0.717) is 12.8 Å². The number of benzene rings is 1. The lowest BCUT2D eigenvalue weighted by Gasteiger charge is -2.25. The zero-order valence-electron chi connectivity index (χ0n) is 12.2. The molecule has 1 aliphatic rings. The van der Waals surface area contributed by atoms with E-state index in [4.69, 9.17) is 4.74 Å². The Labute approximate surface area is 120 Å². The number of ether oxygens (including phenoxy) is 1. The van der Waals surface area contributed by atoms with Crippen molar-refractivity contribution in [2.45, 2.75) is 44.8 Å². The summed E-state index contributed by atoms with van der Waals surface area (Å²) >= 11 is 0. The zero-order valence-corrected chi connectivity index (χ0v) is 12.2. The van der Waals surface area contributed by atoms with E-state index in [1.54, 1.807) is 14.0 Å². The number of likely N-dealkylation sites (tertiary alicyclic amines) is 1. The molecular weight excluding hydrogens is 254 g/mol. The SMILES string of the molecule is COc1ccc(C2CCCN2C(=O)CCC(C)O)cc1. The summed E-state index contributed by atoms with van der Waals surface area (Å²) in [7, 11) is 1.65. The van der Waals surface area contributed by atoms with Gasteiger partial charge in [-0.1, -0.05) is 12.1 Å². The highest BCUT2D eigenvalue weighted by Crippen LogP contribution is 2.33. The maximum Gasteiger partial charge on any atom is 0.223 e. The second-order valence-corrected chi connectivity index (χ2v) is 5.41. The van der Waals surface area contributed by atoms with Crippen molar-refractivity contribution in [3.05, 3.63) is 29.8 Å². The van der Waals surface area contributed by atoms with Crippen LogP contribution in [0.25, 0.3) is 0 Å². The van der Waals surface area contributed by atoms with E-state index in [0.717, 1.165) is 30.7 Å². The van der Waals surface area contributed by atoms with Crippen LogP contribution in [0.3, 0.4) is 0 Å². The van der Waals surface area contributed by atoms with Gasteiger partial charge in [-0.25, -0.2) is 0 Å². The molecule has 0 spiro atoms. The fraction of sp³-hybridized carbons (Fsp3) is 0.562. The number of amides is 1. The molecule has 0 saturated carbocycles. The van der Waals surface area contributed by atoms with Gasteiger partial charge in [0.05, 0.1) is 19.3 Å². The van der Waals surface area contributed by atoms with Crippen molar-refractivity contribution in [1.29, 1.82) is 0 Å². The molecule has 1 fully saturated rings. The monoisotopic (exact) mass is 277 g/mol. The minimum Gasteiger partial charge on any atom is -0.497 e. The van der Waals surface area contributed by atoms with Gasteiger partial charge >= 0.3 is 0 Å². The van der Waals surface area contributed by atoms with Gasteiger partial charge in [-0.15, -0.1) is 0 Å². The van der Waals surface area contributed by atoms with Gasteiger partial charge in [0.1, 0.15) is 5.75 Å². The molecule has 1 aromatic carbocycles. The molecule has 2 unspecified atom stereocenters. The lowest BCUT2D eigenvalue weighted by Crippen LogP contribution is -2.30. The van der Waals surface area contributed by atoms with Crippen molar-refractivity contribution in [2.75, 3.05) is 13.7 Å². The van der Waals surface area contributed by atoms with Gasteiger partial charge in [0.2, 0.25) is 5.91 Å². The number of aliphatic hydroxyl groups is 1. The van der Waals surface area contributed by atoms with Gasteiger partial charge in [-0.3, -0.25) is 4.79 Å². The number of nitrogens with zero attached hydrogens (tertiary/aromatic N) is 1. The van der Waals surface area contributed by atoms with Crippen LogP contribution in [0.2, 0.25) is 0 Å². The number of methoxy groups -OCH3 is 1. The minimum atomic E-state index is -0.416. The highest BCUT2D eigenvalue weighted by Gasteiger charge is 2.29. The molecule has 4 heteroatoms. The second kappa shape index (κ2) is 6.75. The number of carbonyl (C=O) groups excluding carboxylic acids is 1. The maximum absolute atomic E-state index is 12.2. The molecule has 1 aliphatic heterocycles. The van der Waals surface area contributed by atoms with Crippen LogP contribution in [-0.2, 0) is 4.79 Å². The standard InChI is InChI=1S/C16H23NO3/c1-12(18)5-10-16(19)17-11-3-4-15(17)13-6-8-14(20-2)9-7-13/h6-9,12,15,18H,3-5,10-11H2,1-2H3. The Bertz CT molecular complexity index is 442. The summed E-state index contributed by atoms with van der Waals surface area (Å²) < 4.78 is 5.16. The summed E-state index contributed by atoms with van der Waals surface area (Å²) in [6, 6.07) is 8.11. The summed E-state index contributed by atoms with van der Waals surface area (Å²) in [5.74, 6) is 0.975. The number of rotatable bonds is 5. The van der Waals surface area contributed by atoms with Crippen molar-refractivity contribution in [2.24, 2.45) is 0 Å². The first-order valence-corrected chi connectivity index (χ1v) is 7.23. The summed E-state index contributed by atoms with van der Waals surface area (Å²) in [5.41, 5.74) is 1.16. The van der Waals surface area contributed by atoms with E-state index in [-0.39, 0.29) is 11.9 Å². The third-order valence-corrected chi connectivity index (χ3v) is 3.85. The molecule has 1 heterocycles. The lowest BCUT2D eigenvalue weighted by atomic mass is 10.0. The summed E-state index contributed by atoms with van der Waals surface area (Å²) in [6.07, 6.45) is 2.58. The molecule has 1 amide bonds. The molecule has 0 aromatic heterocycles.